The van der Waals surface area contributed by atoms with Crippen molar-refractivity contribution in [2.75, 3.05) is 17.7 Å². The number of rotatable bonds is 6. The largest absolute Gasteiger partial charge is 0.496 e. The van der Waals surface area contributed by atoms with Crippen LogP contribution in [-0.4, -0.2) is 23.0 Å². The zero-order chi connectivity index (χ0) is 20.1. The smallest absolute Gasteiger partial charge is 0.274 e. The molecule has 2 heterocycles. The van der Waals surface area contributed by atoms with Crippen molar-refractivity contribution in [3.05, 3.63) is 90.4 Å². The molecule has 6 nitrogen and oxygen atoms in total. The molecule has 0 spiro atoms. The highest BCUT2D eigenvalue weighted by Gasteiger charge is 2.11. The zero-order valence-corrected chi connectivity index (χ0v) is 15.9. The van der Waals surface area contributed by atoms with Crippen molar-refractivity contribution >= 4 is 28.2 Å². The average Bonchev–Trinajstić information content (AvgIpc) is 2.78. The Labute approximate surface area is 168 Å². The molecule has 0 fully saturated rings. The molecule has 0 atom stereocenters. The predicted molar refractivity (Wildman–Crippen MR) is 114 cm³/mol. The van der Waals surface area contributed by atoms with Gasteiger partial charge in [0, 0.05) is 35.6 Å². The Bertz CT molecular complexity index is 1150. The normalized spacial score (nSPS) is 10.5. The molecule has 4 rings (SSSR count). The minimum absolute atomic E-state index is 0.288. The number of para-hydroxylation sites is 2. The number of hydrogen-bond donors (Lipinski definition) is 2. The molecule has 4 aromatic rings. The van der Waals surface area contributed by atoms with E-state index in [1.54, 1.807) is 25.6 Å². The van der Waals surface area contributed by atoms with Crippen LogP contribution in [0.15, 0.2) is 79.1 Å². The third-order valence-corrected chi connectivity index (χ3v) is 4.55. The molecule has 1 amide bonds. The Kier molecular flexibility index (Phi) is 5.33. The van der Waals surface area contributed by atoms with Gasteiger partial charge in [-0.25, -0.2) is 0 Å². The molecule has 2 N–H and O–H groups in total. The highest BCUT2D eigenvalue weighted by atomic mass is 16.5. The van der Waals surface area contributed by atoms with Crippen molar-refractivity contribution in [1.82, 2.24) is 9.97 Å². The summed E-state index contributed by atoms with van der Waals surface area (Å²) in [6.45, 7) is 0.572. The van der Waals surface area contributed by atoms with E-state index >= 15 is 0 Å². The fourth-order valence-electron chi connectivity index (χ4n) is 3.10. The van der Waals surface area contributed by atoms with E-state index < -0.39 is 0 Å². The second kappa shape index (κ2) is 8.39. The van der Waals surface area contributed by atoms with Gasteiger partial charge in [-0.2, -0.15) is 0 Å². The van der Waals surface area contributed by atoms with Gasteiger partial charge in [-0.05, 0) is 30.3 Å². The number of anilines is 2. The second-order valence-electron chi connectivity index (χ2n) is 6.43. The SMILES string of the molecule is COc1ccccc1CNc1ccnc(C(=O)Nc2cccc3cccnc23)c1. The van der Waals surface area contributed by atoms with E-state index in [1.165, 1.54) is 0 Å². The van der Waals surface area contributed by atoms with Crippen LogP contribution >= 0.6 is 0 Å². The van der Waals surface area contributed by atoms with Crippen LogP contribution in [0.4, 0.5) is 11.4 Å². The number of methoxy groups -OCH3 is 1. The van der Waals surface area contributed by atoms with Crippen LogP contribution in [0.3, 0.4) is 0 Å². The number of aromatic nitrogens is 2. The quantitative estimate of drug-likeness (QED) is 0.512. The Morgan fingerprint density at radius 1 is 0.966 bits per heavy atom. The number of carbonyl (C=O) groups excluding carboxylic acids is 1. The summed E-state index contributed by atoms with van der Waals surface area (Å²) in [6.07, 6.45) is 3.32. The molecule has 0 saturated carbocycles. The molecule has 2 aromatic carbocycles. The van der Waals surface area contributed by atoms with Crippen LogP contribution in [0, 0.1) is 0 Å². The van der Waals surface area contributed by atoms with Gasteiger partial charge in [0.25, 0.3) is 5.91 Å². The number of hydrogen-bond acceptors (Lipinski definition) is 5. The molecule has 6 heteroatoms. The van der Waals surface area contributed by atoms with E-state index in [2.05, 4.69) is 20.6 Å². The van der Waals surface area contributed by atoms with Crippen molar-refractivity contribution < 1.29 is 9.53 Å². The lowest BCUT2D eigenvalue weighted by molar-refractivity contribution is 0.102. The maximum atomic E-state index is 12.7. The van der Waals surface area contributed by atoms with Crippen molar-refractivity contribution in [1.29, 1.82) is 0 Å². The van der Waals surface area contributed by atoms with Crippen LogP contribution in [0.25, 0.3) is 10.9 Å². The van der Waals surface area contributed by atoms with Crippen LogP contribution in [0.5, 0.6) is 5.75 Å². The highest BCUT2D eigenvalue weighted by Crippen LogP contribution is 2.22. The number of nitrogens with zero attached hydrogens (tertiary/aromatic N) is 2. The first-order chi connectivity index (χ1) is 14.2. The molecule has 0 aliphatic heterocycles. The molecule has 2 aromatic heterocycles. The molecule has 144 valence electrons. The molecule has 0 saturated heterocycles. The molecule has 0 radical (unpaired) electrons. The molecular weight excluding hydrogens is 364 g/mol. The van der Waals surface area contributed by atoms with Gasteiger partial charge in [-0.15, -0.1) is 0 Å². The average molecular weight is 384 g/mol. The summed E-state index contributed by atoms with van der Waals surface area (Å²) in [4.78, 5) is 21.3. The van der Waals surface area contributed by atoms with E-state index in [0.717, 1.165) is 27.9 Å². The predicted octanol–water partition coefficient (Wildman–Crippen LogP) is 4.50. The number of benzene rings is 2. The third-order valence-electron chi connectivity index (χ3n) is 4.55. The maximum absolute atomic E-state index is 12.7. The number of pyridine rings is 2. The third kappa shape index (κ3) is 4.16. The van der Waals surface area contributed by atoms with Gasteiger partial charge in [-0.1, -0.05) is 36.4 Å². The van der Waals surface area contributed by atoms with Crippen molar-refractivity contribution in [2.24, 2.45) is 0 Å². The lowest BCUT2D eigenvalue weighted by atomic mass is 10.2. The number of fused-ring (bicyclic) bond motifs is 1. The number of amides is 1. The van der Waals surface area contributed by atoms with Crippen molar-refractivity contribution in [3.63, 3.8) is 0 Å². The van der Waals surface area contributed by atoms with Gasteiger partial charge in [0.2, 0.25) is 0 Å². The second-order valence-corrected chi connectivity index (χ2v) is 6.43. The van der Waals surface area contributed by atoms with E-state index in [0.29, 0.717) is 17.9 Å². The van der Waals surface area contributed by atoms with Gasteiger partial charge in [0.15, 0.2) is 0 Å². The summed E-state index contributed by atoms with van der Waals surface area (Å²) < 4.78 is 5.37. The summed E-state index contributed by atoms with van der Waals surface area (Å²) >= 11 is 0. The van der Waals surface area contributed by atoms with Gasteiger partial charge in [-0.3, -0.25) is 14.8 Å². The van der Waals surface area contributed by atoms with E-state index in [-0.39, 0.29) is 5.91 Å². The Morgan fingerprint density at radius 2 is 1.83 bits per heavy atom. The van der Waals surface area contributed by atoms with Crippen LogP contribution < -0.4 is 15.4 Å². The van der Waals surface area contributed by atoms with Crippen LogP contribution in [-0.2, 0) is 6.54 Å². The molecule has 0 bridgehead atoms. The number of carbonyl (C=O) groups is 1. The summed E-state index contributed by atoms with van der Waals surface area (Å²) in [5.41, 5.74) is 3.55. The van der Waals surface area contributed by atoms with Crippen molar-refractivity contribution in [2.45, 2.75) is 6.54 Å². The minimum atomic E-state index is -0.288. The standard InChI is InChI=1S/C23H20N4O2/c1-29-21-10-3-2-6-17(21)15-26-18-11-13-24-20(14-18)23(28)27-19-9-4-7-16-8-5-12-25-22(16)19/h2-14H,15H2,1H3,(H,24,26)(H,27,28). The monoisotopic (exact) mass is 384 g/mol. The Balaban J connectivity index is 1.50. The molecular formula is C23H20N4O2. The van der Waals surface area contributed by atoms with E-state index in [1.807, 2.05) is 60.7 Å². The summed E-state index contributed by atoms with van der Waals surface area (Å²) in [5, 5.41) is 7.18. The summed E-state index contributed by atoms with van der Waals surface area (Å²) in [6, 6.07) is 20.9. The van der Waals surface area contributed by atoms with Crippen molar-refractivity contribution in [3.8, 4) is 5.75 Å². The summed E-state index contributed by atoms with van der Waals surface area (Å²) in [5.74, 6) is 0.527. The topological polar surface area (TPSA) is 76.1 Å². The maximum Gasteiger partial charge on any atom is 0.274 e. The van der Waals surface area contributed by atoms with Crippen LogP contribution in [0.2, 0.25) is 0 Å². The van der Waals surface area contributed by atoms with E-state index in [4.69, 9.17) is 4.74 Å². The Hall–Kier alpha value is -3.93. The first-order valence-corrected chi connectivity index (χ1v) is 9.21. The van der Waals surface area contributed by atoms with Gasteiger partial charge in [0.05, 0.1) is 18.3 Å². The summed E-state index contributed by atoms with van der Waals surface area (Å²) in [7, 11) is 1.65. The first-order valence-electron chi connectivity index (χ1n) is 9.21. The molecule has 0 unspecified atom stereocenters. The highest BCUT2D eigenvalue weighted by molar-refractivity contribution is 6.07. The van der Waals surface area contributed by atoms with Crippen LogP contribution in [0.1, 0.15) is 16.1 Å². The zero-order valence-electron chi connectivity index (χ0n) is 15.9. The van der Waals surface area contributed by atoms with Gasteiger partial charge >= 0.3 is 0 Å². The van der Waals surface area contributed by atoms with Gasteiger partial charge < -0.3 is 15.4 Å². The fourth-order valence-corrected chi connectivity index (χ4v) is 3.10. The Morgan fingerprint density at radius 3 is 2.72 bits per heavy atom. The number of ether oxygens (including phenoxy) is 1. The van der Waals surface area contributed by atoms with Gasteiger partial charge in [0.1, 0.15) is 11.4 Å². The van der Waals surface area contributed by atoms with E-state index in [9.17, 15) is 4.79 Å². The number of nitrogens with one attached hydrogen (secondary N) is 2. The lowest BCUT2D eigenvalue weighted by Gasteiger charge is -2.11. The minimum Gasteiger partial charge on any atom is -0.496 e. The molecule has 0 aliphatic carbocycles. The first kappa shape index (κ1) is 18.4. The fraction of sp³-hybridized carbons (Fsp3) is 0.0870. The lowest BCUT2D eigenvalue weighted by Crippen LogP contribution is -2.14. The molecule has 29 heavy (non-hydrogen) atoms. The molecule has 0 aliphatic rings.